The van der Waals surface area contributed by atoms with E-state index in [9.17, 15) is 4.79 Å². The summed E-state index contributed by atoms with van der Waals surface area (Å²) in [6.07, 6.45) is 0.142. The highest BCUT2D eigenvalue weighted by Gasteiger charge is 2.22. The Balaban J connectivity index is 0.000000220. The highest BCUT2D eigenvalue weighted by atomic mass is 32.2. The van der Waals surface area contributed by atoms with Gasteiger partial charge >= 0.3 is 0 Å². The molecule has 0 aromatic heterocycles. The van der Waals surface area contributed by atoms with Crippen molar-refractivity contribution in [2.75, 3.05) is 32.3 Å². The predicted octanol–water partition coefficient (Wildman–Crippen LogP) is 6.02. The first-order valence-electron chi connectivity index (χ1n) is 11.7. The number of nitriles is 1. The second-order valence-corrected chi connectivity index (χ2v) is 10.4. The number of carbonyl (C=O) groups excluding carboxylic acids is 1. The van der Waals surface area contributed by atoms with Crippen LogP contribution in [0.1, 0.15) is 29.7 Å². The molecule has 0 spiro atoms. The number of anilines is 1. The van der Waals surface area contributed by atoms with Crippen LogP contribution in [0.4, 0.5) is 5.69 Å². The molecule has 3 aromatic carbocycles. The maximum Gasteiger partial charge on any atom is 0.179 e. The summed E-state index contributed by atoms with van der Waals surface area (Å²) >= 11 is 3.48. The van der Waals surface area contributed by atoms with E-state index in [1.807, 2.05) is 50.4 Å². The zero-order valence-electron chi connectivity index (χ0n) is 21.5. The first kappa shape index (κ1) is 28.3. The SMILES string of the molecule is CCSc1ccc(C(C=O)Oc2ccc(C#N)c(C)c2)cc1.CNC1Nc2cc(OC)c(OC)cc2S1. The molecule has 0 saturated heterocycles. The van der Waals surface area contributed by atoms with Crippen molar-refractivity contribution in [3.05, 3.63) is 71.3 Å². The Kier molecular flexibility index (Phi) is 10.6. The largest absolute Gasteiger partial charge is 0.493 e. The fourth-order valence-electron chi connectivity index (χ4n) is 3.58. The molecule has 7 nitrogen and oxygen atoms in total. The molecule has 2 atom stereocenters. The third-order valence-corrected chi connectivity index (χ3v) is 7.58. The third-order valence-electron chi connectivity index (χ3n) is 5.50. The molecule has 3 aromatic rings. The fraction of sp³-hybridized carbons (Fsp3) is 0.286. The fourth-order valence-corrected chi connectivity index (χ4v) is 5.22. The van der Waals surface area contributed by atoms with Gasteiger partial charge in [-0.3, -0.25) is 10.1 Å². The molecule has 0 saturated carbocycles. The molecule has 0 radical (unpaired) electrons. The number of carbonyl (C=O) groups is 1. The van der Waals surface area contributed by atoms with Gasteiger partial charge in [0.2, 0.25) is 0 Å². The van der Waals surface area contributed by atoms with E-state index in [1.54, 1.807) is 55.9 Å². The first-order valence-corrected chi connectivity index (χ1v) is 13.5. The van der Waals surface area contributed by atoms with E-state index < -0.39 is 6.10 Å². The number of hydrogen-bond acceptors (Lipinski definition) is 9. The van der Waals surface area contributed by atoms with Crippen LogP contribution in [0.5, 0.6) is 17.2 Å². The normalized spacial score (nSPS) is 14.2. The van der Waals surface area contributed by atoms with Gasteiger partial charge in [-0.2, -0.15) is 5.26 Å². The van der Waals surface area contributed by atoms with Crippen molar-refractivity contribution in [2.24, 2.45) is 0 Å². The van der Waals surface area contributed by atoms with E-state index in [1.165, 1.54) is 9.79 Å². The lowest BCUT2D eigenvalue weighted by Crippen LogP contribution is -2.26. The number of methoxy groups -OCH3 is 2. The molecule has 0 amide bonds. The van der Waals surface area contributed by atoms with Gasteiger partial charge in [-0.15, -0.1) is 11.8 Å². The summed E-state index contributed by atoms with van der Waals surface area (Å²) in [4.78, 5) is 13.7. The molecular formula is C28H31N3O4S2. The number of rotatable bonds is 9. The van der Waals surface area contributed by atoms with E-state index in [-0.39, 0.29) is 5.50 Å². The van der Waals surface area contributed by atoms with Crippen molar-refractivity contribution in [3.8, 4) is 23.3 Å². The third kappa shape index (κ3) is 7.35. The van der Waals surface area contributed by atoms with E-state index in [4.69, 9.17) is 19.5 Å². The summed E-state index contributed by atoms with van der Waals surface area (Å²) in [7, 11) is 5.21. The molecule has 2 N–H and O–H groups in total. The average molecular weight is 538 g/mol. The number of aldehydes is 1. The highest BCUT2D eigenvalue weighted by molar-refractivity contribution is 8.00. The lowest BCUT2D eigenvalue weighted by atomic mass is 10.1. The Labute approximate surface area is 226 Å². The Morgan fingerprint density at radius 1 is 1.14 bits per heavy atom. The van der Waals surface area contributed by atoms with Gasteiger partial charge in [0.05, 0.1) is 31.5 Å². The molecule has 1 aliphatic rings. The number of hydrogen-bond donors (Lipinski definition) is 2. The lowest BCUT2D eigenvalue weighted by Gasteiger charge is -2.15. The molecule has 1 aliphatic heterocycles. The number of aryl methyl sites for hydroxylation is 1. The van der Waals surface area contributed by atoms with Crippen molar-refractivity contribution >= 4 is 35.5 Å². The van der Waals surface area contributed by atoms with Gasteiger partial charge in [0, 0.05) is 15.9 Å². The minimum Gasteiger partial charge on any atom is -0.493 e. The van der Waals surface area contributed by atoms with Crippen LogP contribution in [0.25, 0.3) is 0 Å². The quantitative estimate of drug-likeness (QED) is 0.251. The van der Waals surface area contributed by atoms with Crippen molar-refractivity contribution in [3.63, 3.8) is 0 Å². The van der Waals surface area contributed by atoms with Crippen molar-refractivity contribution in [1.29, 1.82) is 5.26 Å². The van der Waals surface area contributed by atoms with Crippen LogP contribution >= 0.6 is 23.5 Å². The van der Waals surface area contributed by atoms with Gasteiger partial charge in [-0.1, -0.05) is 30.8 Å². The number of nitrogens with one attached hydrogen (secondary N) is 2. The molecule has 194 valence electrons. The average Bonchev–Trinajstić information content (AvgIpc) is 3.34. The highest BCUT2D eigenvalue weighted by Crippen LogP contribution is 2.43. The van der Waals surface area contributed by atoms with Gasteiger partial charge in [0.25, 0.3) is 0 Å². The van der Waals surface area contributed by atoms with Crippen LogP contribution in [0.2, 0.25) is 0 Å². The molecule has 0 bridgehead atoms. The summed E-state index contributed by atoms with van der Waals surface area (Å²) < 4.78 is 16.2. The van der Waals surface area contributed by atoms with E-state index >= 15 is 0 Å². The van der Waals surface area contributed by atoms with Crippen LogP contribution in [0.15, 0.2) is 64.4 Å². The van der Waals surface area contributed by atoms with Crippen molar-refractivity contribution < 1.29 is 19.0 Å². The second-order valence-electron chi connectivity index (χ2n) is 7.90. The summed E-state index contributed by atoms with van der Waals surface area (Å²) in [5, 5.41) is 15.4. The molecular weight excluding hydrogens is 506 g/mol. The number of benzene rings is 3. The molecule has 4 rings (SSSR count). The van der Waals surface area contributed by atoms with Crippen LogP contribution < -0.4 is 24.8 Å². The van der Waals surface area contributed by atoms with Crippen LogP contribution in [-0.4, -0.2) is 38.8 Å². The van der Waals surface area contributed by atoms with E-state index in [0.717, 1.165) is 40.4 Å². The Hall–Kier alpha value is -3.32. The monoisotopic (exact) mass is 537 g/mol. The number of thioether (sulfide) groups is 2. The first-order chi connectivity index (χ1) is 18.0. The molecule has 37 heavy (non-hydrogen) atoms. The Morgan fingerprint density at radius 2 is 1.84 bits per heavy atom. The smallest absolute Gasteiger partial charge is 0.179 e. The molecule has 0 aliphatic carbocycles. The minimum atomic E-state index is -0.645. The maximum atomic E-state index is 11.3. The van der Waals surface area contributed by atoms with Crippen LogP contribution in [0, 0.1) is 18.3 Å². The predicted molar refractivity (Wildman–Crippen MR) is 150 cm³/mol. The van der Waals surface area contributed by atoms with Crippen LogP contribution in [0.3, 0.4) is 0 Å². The summed E-state index contributed by atoms with van der Waals surface area (Å²) in [5.41, 5.74) is 3.56. The summed E-state index contributed by atoms with van der Waals surface area (Å²) in [5.74, 6) is 3.11. The van der Waals surface area contributed by atoms with Gasteiger partial charge in [0.1, 0.15) is 11.2 Å². The van der Waals surface area contributed by atoms with Gasteiger partial charge in [-0.05, 0) is 67.2 Å². The van der Waals surface area contributed by atoms with Gasteiger partial charge < -0.3 is 19.5 Å². The summed E-state index contributed by atoms with van der Waals surface area (Å²) in [6, 6.07) is 19.1. The van der Waals surface area contributed by atoms with Crippen molar-refractivity contribution in [1.82, 2.24) is 5.32 Å². The lowest BCUT2D eigenvalue weighted by molar-refractivity contribution is -0.113. The topological polar surface area (TPSA) is 92.6 Å². The van der Waals surface area contributed by atoms with Gasteiger partial charge in [0.15, 0.2) is 23.9 Å². The summed E-state index contributed by atoms with van der Waals surface area (Å²) in [6.45, 7) is 3.95. The number of fused-ring (bicyclic) bond motifs is 1. The molecule has 1 heterocycles. The molecule has 2 unspecified atom stereocenters. The number of ether oxygens (including phenoxy) is 3. The van der Waals surface area contributed by atoms with E-state index in [2.05, 4.69) is 23.6 Å². The Bertz CT molecular complexity index is 1210. The molecule has 9 heteroatoms. The zero-order valence-corrected chi connectivity index (χ0v) is 23.2. The standard InChI is InChI=1S/C18H17NO2S.C10H14N2O2S/c1-3-22-17-8-5-14(6-9-17)18(12-20)21-16-7-4-15(11-19)13(2)10-16;1-11-10-12-6-4-7(13-2)8(14-3)5-9(6)15-10/h4-10,12,18H,3H2,1-2H3;4-5,10-12H,1-3H3. The van der Waals surface area contributed by atoms with E-state index in [0.29, 0.717) is 11.3 Å². The second kappa shape index (κ2) is 13.8. The van der Waals surface area contributed by atoms with Crippen LogP contribution in [-0.2, 0) is 4.79 Å². The Morgan fingerprint density at radius 3 is 2.41 bits per heavy atom. The van der Waals surface area contributed by atoms with Gasteiger partial charge in [-0.25, -0.2) is 0 Å². The number of nitrogens with zero attached hydrogens (tertiary/aromatic N) is 1. The zero-order chi connectivity index (χ0) is 26.8. The van der Waals surface area contributed by atoms with Crippen molar-refractivity contribution in [2.45, 2.75) is 35.2 Å². The molecule has 0 fully saturated rings. The maximum absolute atomic E-state index is 11.3. The minimum absolute atomic E-state index is 0.219.